The molecule has 0 saturated heterocycles. The molecule has 0 radical (unpaired) electrons. The summed E-state index contributed by atoms with van der Waals surface area (Å²) in [7, 11) is 2.06. The van der Waals surface area contributed by atoms with Crippen molar-refractivity contribution in [3.8, 4) is 0 Å². The van der Waals surface area contributed by atoms with Crippen molar-refractivity contribution in [3.63, 3.8) is 0 Å². The van der Waals surface area contributed by atoms with E-state index in [-0.39, 0.29) is 0 Å². The summed E-state index contributed by atoms with van der Waals surface area (Å²) in [5.41, 5.74) is 0. The van der Waals surface area contributed by atoms with Crippen LogP contribution in [0.2, 0.25) is 0 Å². The molecule has 0 spiro atoms. The molecule has 0 fully saturated rings. The lowest BCUT2D eigenvalue weighted by molar-refractivity contribution is 0.463. The lowest BCUT2D eigenvalue weighted by Gasteiger charge is -2.13. The zero-order valence-corrected chi connectivity index (χ0v) is 30.4. The maximum absolute atomic E-state index is 3.28. The zero-order valence-electron chi connectivity index (χ0n) is 30.4. The maximum atomic E-state index is 3.28. The van der Waals surface area contributed by atoms with E-state index in [9.17, 15) is 0 Å². The van der Waals surface area contributed by atoms with E-state index in [4.69, 9.17) is 0 Å². The SMILES string of the molecule is CCCCC/C=C\C/C=C\CCCCCCCCC(/C=C\CCCNC)CCCCCCCC/C=C\C/C=C\CCCCC. The van der Waals surface area contributed by atoms with Crippen molar-refractivity contribution in [2.45, 2.75) is 194 Å². The molecule has 0 amide bonds. The summed E-state index contributed by atoms with van der Waals surface area (Å²) in [5, 5.41) is 3.28. The molecule has 0 aromatic heterocycles. The Labute approximate surface area is 278 Å². The van der Waals surface area contributed by atoms with E-state index in [2.05, 4.69) is 87.0 Å². The van der Waals surface area contributed by atoms with Gasteiger partial charge in [-0.3, -0.25) is 0 Å². The van der Waals surface area contributed by atoms with E-state index in [1.807, 2.05) is 0 Å². The Morgan fingerprint density at radius 2 is 0.750 bits per heavy atom. The van der Waals surface area contributed by atoms with Gasteiger partial charge in [-0.2, -0.15) is 0 Å². The van der Waals surface area contributed by atoms with Crippen LogP contribution in [0.3, 0.4) is 0 Å². The summed E-state index contributed by atoms with van der Waals surface area (Å²) in [6, 6.07) is 0. The fraction of sp³-hybridized carbons (Fsp3) is 0.767. The minimum absolute atomic E-state index is 0.807. The molecule has 0 saturated carbocycles. The summed E-state index contributed by atoms with van der Waals surface area (Å²) in [6.45, 7) is 5.68. The van der Waals surface area contributed by atoms with Crippen LogP contribution >= 0.6 is 0 Å². The van der Waals surface area contributed by atoms with E-state index in [0.717, 1.165) is 25.3 Å². The van der Waals surface area contributed by atoms with Crippen LogP contribution in [0.25, 0.3) is 0 Å². The van der Waals surface area contributed by atoms with Crippen molar-refractivity contribution in [1.29, 1.82) is 0 Å². The molecular formula is C43H79N. The number of rotatable bonds is 35. The van der Waals surface area contributed by atoms with Gasteiger partial charge in [0.05, 0.1) is 0 Å². The second-order valence-electron chi connectivity index (χ2n) is 13.2. The highest BCUT2D eigenvalue weighted by molar-refractivity contribution is 4.93. The highest BCUT2D eigenvalue weighted by Crippen LogP contribution is 2.21. The Hall–Kier alpha value is -1.34. The molecule has 0 aliphatic carbocycles. The molecule has 0 rings (SSSR count). The summed E-state index contributed by atoms with van der Waals surface area (Å²) < 4.78 is 0. The van der Waals surface area contributed by atoms with E-state index in [0.29, 0.717) is 0 Å². The fourth-order valence-electron chi connectivity index (χ4n) is 5.81. The predicted molar refractivity (Wildman–Crippen MR) is 204 cm³/mol. The molecule has 0 aromatic carbocycles. The fourth-order valence-corrected chi connectivity index (χ4v) is 5.81. The third-order valence-electron chi connectivity index (χ3n) is 8.76. The van der Waals surface area contributed by atoms with Crippen LogP contribution in [0.15, 0.2) is 60.8 Å². The molecule has 0 aliphatic heterocycles. The molecule has 1 heteroatoms. The molecule has 1 N–H and O–H groups in total. The van der Waals surface area contributed by atoms with Crippen LogP contribution in [0.4, 0.5) is 0 Å². The standard InChI is InChI=1S/C43H79N/c1-4-6-8-10-12-14-16-18-20-22-24-26-28-30-32-35-39-43(41-37-34-38-42-44-3)40-36-33-31-29-27-25-23-21-19-17-15-13-11-9-7-5-2/h12-15,18-21,37,41,43-44H,4-11,16-17,22-36,38-40,42H2,1-3H3/b14-12-,15-13-,20-18-,21-19-,41-37-. The van der Waals surface area contributed by atoms with E-state index in [1.54, 1.807) is 0 Å². The minimum Gasteiger partial charge on any atom is -0.320 e. The van der Waals surface area contributed by atoms with Crippen LogP contribution < -0.4 is 5.32 Å². The van der Waals surface area contributed by atoms with Gasteiger partial charge >= 0.3 is 0 Å². The third kappa shape index (κ3) is 36.8. The van der Waals surface area contributed by atoms with Crippen molar-refractivity contribution < 1.29 is 0 Å². The Kier molecular flexibility index (Phi) is 38.5. The third-order valence-corrected chi connectivity index (χ3v) is 8.76. The first kappa shape index (κ1) is 42.7. The smallest absolute Gasteiger partial charge is 0.00490 e. The van der Waals surface area contributed by atoms with Gasteiger partial charge in [-0.15, -0.1) is 0 Å². The number of unbranched alkanes of at least 4 members (excludes halogenated alkanes) is 19. The van der Waals surface area contributed by atoms with Gasteiger partial charge < -0.3 is 5.32 Å². The second kappa shape index (κ2) is 39.7. The summed E-state index contributed by atoms with van der Waals surface area (Å²) in [4.78, 5) is 0. The molecular weight excluding hydrogens is 530 g/mol. The van der Waals surface area contributed by atoms with Gasteiger partial charge in [-0.25, -0.2) is 0 Å². The Bertz CT molecular complexity index is 618. The van der Waals surface area contributed by atoms with E-state index in [1.165, 1.54) is 167 Å². The largest absolute Gasteiger partial charge is 0.320 e. The first-order valence-corrected chi connectivity index (χ1v) is 19.8. The Morgan fingerprint density at radius 3 is 1.16 bits per heavy atom. The van der Waals surface area contributed by atoms with Crippen molar-refractivity contribution in [2.24, 2.45) is 5.92 Å². The van der Waals surface area contributed by atoms with Crippen molar-refractivity contribution in [3.05, 3.63) is 60.8 Å². The molecule has 0 bridgehead atoms. The first-order valence-electron chi connectivity index (χ1n) is 19.8. The summed E-state index contributed by atoms with van der Waals surface area (Å²) in [6.07, 6.45) is 61.5. The molecule has 0 heterocycles. The number of hydrogen-bond acceptors (Lipinski definition) is 1. The van der Waals surface area contributed by atoms with Crippen molar-refractivity contribution >= 4 is 0 Å². The van der Waals surface area contributed by atoms with E-state index >= 15 is 0 Å². The average molecular weight is 610 g/mol. The normalized spacial score (nSPS) is 12.6. The monoisotopic (exact) mass is 610 g/mol. The molecule has 1 nitrogen and oxygen atoms in total. The topological polar surface area (TPSA) is 12.0 Å². The van der Waals surface area contributed by atoms with Crippen LogP contribution in [0.1, 0.15) is 194 Å². The Morgan fingerprint density at radius 1 is 0.386 bits per heavy atom. The minimum atomic E-state index is 0.807. The number of allylic oxidation sites excluding steroid dienone is 10. The summed E-state index contributed by atoms with van der Waals surface area (Å²) in [5.74, 6) is 0.807. The molecule has 0 aliphatic rings. The van der Waals surface area contributed by atoms with Gasteiger partial charge in [0.15, 0.2) is 0 Å². The molecule has 44 heavy (non-hydrogen) atoms. The van der Waals surface area contributed by atoms with Crippen molar-refractivity contribution in [2.75, 3.05) is 13.6 Å². The van der Waals surface area contributed by atoms with Gasteiger partial charge in [-0.1, -0.05) is 164 Å². The second-order valence-corrected chi connectivity index (χ2v) is 13.2. The molecule has 256 valence electrons. The quantitative estimate of drug-likeness (QED) is 0.0556. The van der Waals surface area contributed by atoms with E-state index < -0.39 is 0 Å². The van der Waals surface area contributed by atoms with Gasteiger partial charge in [0.1, 0.15) is 0 Å². The predicted octanol–water partition coefficient (Wildman–Crippen LogP) is 14.6. The molecule has 0 atom stereocenters. The molecule has 0 aromatic rings. The number of hydrogen-bond donors (Lipinski definition) is 1. The lowest BCUT2D eigenvalue weighted by Crippen LogP contribution is -2.06. The average Bonchev–Trinajstić information content (AvgIpc) is 3.03. The highest BCUT2D eigenvalue weighted by atomic mass is 14.8. The number of nitrogens with one attached hydrogen (secondary N) is 1. The summed E-state index contributed by atoms with van der Waals surface area (Å²) >= 11 is 0. The van der Waals surface area contributed by atoms with Gasteiger partial charge in [0.25, 0.3) is 0 Å². The lowest BCUT2D eigenvalue weighted by atomic mass is 9.93. The van der Waals surface area contributed by atoms with Crippen LogP contribution in [-0.2, 0) is 0 Å². The van der Waals surface area contributed by atoms with Crippen LogP contribution in [-0.4, -0.2) is 13.6 Å². The van der Waals surface area contributed by atoms with Crippen LogP contribution in [0, 0.1) is 5.92 Å². The first-order chi connectivity index (χ1) is 21.8. The van der Waals surface area contributed by atoms with Gasteiger partial charge in [0.2, 0.25) is 0 Å². The Balaban J connectivity index is 3.86. The zero-order chi connectivity index (χ0) is 31.9. The highest BCUT2D eigenvalue weighted by Gasteiger charge is 2.05. The molecule has 0 unspecified atom stereocenters. The van der Waals surface area contributed by atoms with Crippen molar-refractivity contribution in [1.82, 2.24) is 5.32 Å². The maximum Gasteiger partial charge on any atom is -0.00490 e. The van der Waals surface area contributed by atoms with Gasteiger partial charge in [0, 0.05) is 0 Å². The van der Waals surface area contributed by atoms with Gasteiger partial charge in [-0.05, 0) is 109 Å². The van der Waals surface area contributed by atoms with Crippen LogP contribution in [0.5, 0.6) is 0 Å².